The predicted molar refractivity (Wildman–Crippen MR) is 108 cm³/mol. The summed E-state index contributed by atoms with van der Waals surface area (Å²) in [6, 6.07) is 16.0. The number of nitriles is 1. The van der Waals surface area contributed by atoms with Crippen LogP contribution in [0, 0.1) is 11.3 Å². The highest BCUT2D eigenvalue weighted by molar-refractivity contribution is 6.30. The highest BCUT2D eigenvalue weighted by atomic mass is 35.5. The molecule has 2 N–H and O–H groups in total. The number of nitrogens with zero attached hydrogens (tertiary/aromatic N) is 2. The molecule has 0 saturated heterocycles. The maximum Gasteiger partial charge on any atom is 0.267 e. The van der Waals surface area contributed by atoms with Crippen molar-refractivity contribution in [2.45, 2.75) is 19.4 Å². The first-order valence-electron chi connectivity index (χ1n) is 8.77. The molecule has 0 spiro atoms. The summed E-state index contributed by atoms with van der Waals surface area (Å²) in [5.74, 6) is -1.00. The molecular formula is C21H18ClN3O3. The van der Waals surface area contributed by atoms with Crippen LogP contribution < -0.4 is 10.9 Å². The van der Waals surface area contributed by atoms with Crippen LogP contribution >= 0.6 is 11.6 Å². The number of nitrogens with one attached hydrogen (secondary N) is 1. The zero-order valence-corrected chi connectivity index (χ0v) is 15.7. The fourth-order valence-electron chi connectivity index (χ4n) is 3.08. The number of carbonyl (C=O) groups is 1. The zero-order valence-electron chi connectivity index (χ0n) is 15.0. The summed E-state index contributed by atoms with van der Waals surface area (Å²) in [6.07, 6.45) is 0.647. The number of aromatic hydroxyl groups is 1. The zero-order chi connectivity index (χ0) is 20.1. The summed E-state index contributed by atoms with van der Waals surface area (Å²) in [7, 11) is 0. The molecule has 142 valence electrons. The first-order chi connectivity index (χ1) is 13.5. The third-order valence-corrected chi connectivity index (χ3v) is 4.64. The second kappa shape index (κ2) is 8.59. The van der Waals surface area contributed by atoms with Crippen LogP contribution in [0.4, 0.5) is 0 Å². The van der Waals surface area contributed by atoms with Gasteiger partial charge in [0, 0.05) is 23.5 Å². The number of fused-ring (bicyclic) bond motifs is 1. The molecule has 0 atom stereocenters. The second-order valence-electron chi connectivity index (χ2n) is 6.24. The van der Waals surface area contributed by atoms with Crippen molar-refractivity contribution in [1.82, 2.24) is 9.88 Å². The summed E-state index contributed by atoms with van der Waals surface area (Å²) in [4.78, 5) is 25.5. The maximum absolute atomic E-state index is 12.8. The molecule has 0 radical (unpaired) electrons. The number of hydrogen-bond donors (Lipinski definition) is 2. The Morgan fingerprint density at radius 3 is 2.75 bits per heavy atom. The molecule has 0 unspecified atom stereocenters. The van der Waals surface area contributed by atoms with Gasteiger partial charge >= 0.3 is 0 Å². The Kier molecular flexibility index (Phi) is 5.97. The molecule has 0 fully saturated rings. The van der Waals surface area contributed by atoms with Gasteiger partial charge in [0.25, 0.3) is 11.5 Å². The van der Waals surface area contributed by atoms with Crippen LogP contribution in [-0.4, -0.2) is 22.1 Å². The summed E-state index contributed by atoms with van der Waals surface area (Å²) in [5.41, 5.74) is 0.493. The average Bonchev–Trinajstić information content (AvgIpc) is 2.68. The van der Waals surface area contributed by atoms with Gasteiger partial charge in [0.1, 0.15) is 11.3 Å². The summed E-state index contributed by atoms with van der Waals surface area (Å²) >= 11 is 5.95. The number of aromatic nitrogens is 1. The molecule has 3 aromatic rings. The summed E-state index contributed by atoms with van der Waals surface area (Å²) in [6.45, 7) is 0.419. The lowest BCUT2D eigenvalue weighted by Gasteiger charge is -2.14. The molecule has 1 aromatic heterocycles. The Hall–Kier alpha value is -3.30. The van der Waals surface area contributed by atoms with E-state index in [-0.39, 0.29) is 30.8 Å². The van der Waals surface area contributed by atoms with Crippen LogP contribution in [0.5, 0.6) is 5.75 Å². The van der Waals surface area contributed by atoms with Crippen molar-refractivity contribution in [3.63, 3.8) is 0 Å². The lowest BCUT2D eigenvalue weighted by Crippen LogP contribution is -2.34. The molecule has 2 aromatic carbocycles. The van der Waals surface area contributed by atoms with E-state index < -0.39 is 11.5 Å². The molecule has 3 rings (SSSR count). The van der Waals surface area contributed by atoms with Crippen LogP contribution in [0.15, 0.2) is 53.3 Å². The van der Waals surface area contributed by atoms with Crippen LogP contribution in [0.1, 0.15) is 22.3 Å². The Morgan fingerprint density at radius 2 is 2.00 bits per heavy atom. The Labute approximate surface area is 166 Å². The first-order valence-corrected chi connectivity index (χ1v) is 9.15. The van der Waals surface area contributed by atoms with Gasteiger partial charge in [-0.05, 0) is 36.2 Å². The number of benzene rings is 2. The standard InChI is InChI=1S/C21H18ClN3O3/c22-15-6-3-5-14(13-15)9-11-24-20(27)18-19(26)16-7-1-2-8-17(16)25(21(18)28)12-4-10-23/h1-3,5-8,13,26H,4,9,11-12H2,(H,24,27). The quantitative estimate of drug-likeness (QED) is 0.669. The van der Waals surface area contributed by atoms with Crippen molar-refractivity contribution in [2.75, 3.05) is 6.54 Å². The molecule has 0 aliphatic carbocycles. The van der Waals surface area contributed by atoms with Gasteiger partial charge in [-0.25, -0.2) is 0 Å². The third kappa shape index (κ3) is 4.00. The van der Waals surface area contributed by atoms with E-state index in [0.717, 1.165) is 5.56 Å². The fourth-order valence-corrected chi connectivity index (χ4v) is 3.29. The van der Waals surface area contributed by atoms with Gasteiger partial charge in [-0.2, -0.15) is 5.26 Å². The molecule has 0 aliphatic rings. The maximum atomic E-state index is 12.8. The fraction of sp³-hybridized carbons (Fsp3) is 0.190. The lowest BCUT2D eigenvalue weighted by molar-refractivity contribution is 0.0949. The largest absolute Gasteiger partial charge is 0.506 e. The van der Waals surface area contributed by atoms with E-state index in [1.54, 1.807) is 36.4 Å². The highest BCUT2D eigenvalue weighted by Crippen LogP contribution is 2.26. The summed E-state index contributed by atoms with van der Waals surface area (Å²) < 4.78 is 1.35. The minimum Gasteiger partial charge on any atom is -0.506 e. The molecule has 1 heterocycles. The van der Waals surface area contributed by atoms with E-state index in [2.05, 4.69) is 5.32 Å². The van der Waals surface area contributed by atoms with E-state index in [9.17, 15) is 14.7 Å². The van der Waals surface area contributed by atoms with Crippen molar-refractivity contribution in [3.8, 4) is 11.8 Å². The minimum atomic E-state index is -0.652. The predicted octanol–water partition coefficient (Wildman–Crippen LogP) is 3.25. The van der Waals surface area contributed by atoms with Crippen molar-refractivity contribution in [2.24, 2.45) is 0 Å². The van der Waals surface area contributed by atoms with Crippen LogP contribution in [-0.2, 0) is 13.0 Å². The second-order valence-corrected chi connectivity index (χ2v) is 6.68. The number of para-hydroxylation sites is 1. The van der Waals surface area contributed by atoms with Crippen LogP contribution in [0.3, 0.4) is 0 Å². The monoisotopic (exact) mass is 395 g/mol. The summed E-state index contributed by atoms with van der Waals surface area (Å²) in [5, 5.41) is 23.1. The lowest BCUT2D eigenvalue weighted by atomic mass is 10.1. The third-order valence-electron chi connectivity index (χ3n) is 4.41. The molecular weight excluding hydrogens is 378 g/mol. The molecule has 28 heavy (non-hydrogen) atoms. The van der Waals surface area contributed by atoms with Gasteiger partial charge in [0.15, 0.2) is 0 Å². The average molecular weight is 396 g/mol. The molecule has 7 heteroatoms. The highest BCUT2D eigenvalue weighted by Gasteiger charge is 2.21. The molecule has 0 saturated carbocycles. The smallest absolute Gasteiger partial charge is 0.267 e. The SMILES string of the molecule is N#CCCn1c(=O)c(C(=O)NCCc2cccc(Cl)c2)c(O)c2ccccc21. The van der Waals surface area contributed by atoms with E-state index in [0.29, 0.717) is 22.3 Å². The van der Waals surface area contributed by atoms with E-state index in [1.165, 1.54) is 4.57 Å². The number of halogens is 1. The van der Waals surface area contributed by atoms with Crippen molar-refractivity contribution >= 4 is 28.4 Å². The van der Waals surface area contributed by atoms with Crippen LogP contribution in [0.2, 0.25) is 5.02 Å². The topological polar surface area (TPSA) is 95.1 Å². The van der Waals surface area contributed by atoms with Gasteiger partial charge in [-0.1, -0.05) is 35.9 Å². The minimum absolute atomic E-state index is 0.116. The Balaban J connectivity index is 1.90. The Bertz CT molecular complexity index is 1130. The number of hydrogen-bond acceptors (Lipinski definition) is 4. The van der Waals surface area contributed by atoms with E-state index in [4.69, 9.17) is 16.9 Å². The molecule has 0 aliphatic heterocycles. The normalized spacial score (nSPS) is 10.6. The first kappa shape index (κ1) is 19.5. The van der Waals surface area contributed by atoms with Crippen molar-refractivity contribution < 1.29 is 9.90 Å². The van der Waals surface area contributed by atoms with Gasteiger partial charge in [0.2, 0.25) is 0 Å². The van der Waals surface area contributed by atoms with Gasteiger partial charge < -0.3 is 15.0 Å². The van der Waals surface area contributed by atoms with Gasteiger partial charge in [0.05, 0.1) is 18.0 Å². The molecule has 1 amide bonds. The van der Waals surface area contributed by atoms with E-state index in [1.807, 2.05) is 18.2 Å². The van der Waals surface area contributed by atoms with Crippen molar-refractivity contribution in [1.29, 1.82) is 5.26 Å². The number of carbonyl (C=O) groups excluding carboxylic acids is 1. The number of pyridine rings is 1. The number of aryl methyl sites for hydroxylation is 1. The van der Waals surface area contributed by atoms with Gasteiger partial charge in [-0.15, -0.1) is 0 Å². The van der Waals surface area contributed by atoms with E-state index >= 15 is 0 Å². The molecule has 6 nitrogen and oxygen atoms in total. The number of rotatable bonds is 6. The molecule has 0 bridgehead atoms. The van der Waals surface area contributed by atoms with Crippen LogP contribution in [0.25, 0.3) is 10.9 Å². The Morgan fingerprint density at radius 1 is 1.21 bits per heavy atom. The van der Waals surface area contributed by atoms with Gasteiger partial charge in [-0.3, -0.25) is 9.59 Å². The number of amides is 1. The van der Waals surface area contributed by atoms with Crippen molar-refractivity contribution in [3.05, 3.63) is 75.0 Å².